The molecular weight excluding hydrogens is 386 g/mol. The van der Waals surface area contributed by atoms with Gasteiger partial charge in [0.15, 0.2) is 6.61 Å². The van der Waals surface area contributed by atoms with E-state index in [9.17, 15) is 9.59 Å². The number of nitrogens with one attached hydrogen (secondary N) is 3. The van der Waals surface area contributed by atoms with Crippen LogP contribution in [0.1, 0.15) is 24.9 Å². The van der Waals surface area contributed by atoms with Gasteiger partial charge in [-0.1, -0.05) is 35.0 Å². The highest BCUT2D eigenvalue weighted by Gasteiger charge is 2.17. The van der Waals surface area contributed by atoms with E-state index in [1.807, 2.05) is 31.2 Å². The van der Waals surface area contributed by atoms with Gasteiger partial charge in [-0.2, -0.15) is 0 Å². The third-order valence-electron chi connectivity index (χ3n) is 3.86. The summed E-state index contributed by atoms with van der Waals surface area (Å²) in [5.41, 5.74) is 2.24. The van der Waals surface area contributed by atoms with Gasteiger partial charge < -0.3 is 20.7 Å². The molecule has 0 aliphatic carbocycles. The highest BCUT2D eigenvalue weighted by Crippen LogP contribution is 2.30. The van der Waals surface area contributed by atoms with Gasteiger partial charge in [0.1, 0.15) is 5.75 Å². The first-order valence-corrected chi connectivity index (χ1v) is 8.74. The molecule has 0 spiro atoms. The summed E-state index contributed by atoms with van der Waals surface area (Å²) in [4.78, 5) is 23.6. The highest BCUT2D eigenvalue weighted by atomic mass is 79.9. The number of carbonyl (C=O) groups is 2. The van der Waals surface area contributed by atoms with E-state index in [1.165, 1.54) is 0 Å². The predicted octanol–water partition coefficient (Wildman–Crippen LogP) is 4.05. The van der Waals surface area contributed by atoms with Gasteiger partial charge in [-0.3, -0.25) is 4.79 Å². The molecule has 0 bridgehead atoms. The molecule has 0 aromatic heterocycles. The van der Waals surface area contributed by atoms with Crippen LogP contribution in [0.4, 0.5) is 16.2 Å². The number of hydrogen-bond donors (Lipinski definition) is 3. The summed E-state index contributed by atoms with van der Waals surface area (Å²) in [6.45, 7) is 1.99. The van der Waals surface area contributed by atoms with Crippen molar-refractivity contribution >= 4 is 39.2 Å². The molecule has 3 rings (SSSR count). The summed E-state index contributed by atoms with van der Waals surface area (Å²) in [6.07, 6.45) is 0.772. The normalized spacial score (nSPS) is 13.9. The van der Waals surface area contributed by atoms with E-state index in [0.717, 1.165) is 16.5 Å². The summed E-state index contributed by atoms with van der Waals surface area (Å²) in [7, 11) is 0. The van der Waals surface area contributed by atoms with Crippen molar-refractivity contribution in [3.8, 4) is 5.75 Å². The number of hydrogen-bond acceptors (Lipinski definition) is 3. The number of urea groups is 1. The van der Waals surface area contributed by atoms with Crippen LogP contribution in [-0.2, 0) is 4.79 Å². The summed E-state index contributed by atoms with van der Waals surface area (Å²) in [5, 5.41) is 8.47. The van der Waals surface area contributed by atoms with Crippen molar-refractivity contribution in [3.63, 3.8) is 0 Å². The van der Waals surface area contributed by atoms with Crippen molar-refractivity contribution in [1.29, 1.82) is 0 Å². The highest BCUT2D eigenvalue weighted by molar-refractivity contribution is 9.10. The molecule has 130 valence electrons. The second-order valence-corrected chi connectivity index (χ2v) is 6.57. The minimum atomic E-state index is -0.297. The minimum Gasteiger partial charge on any atom is -0.482 e. The number of fused-ring (bicyclic) bond motifs is 1. The van der Waals surface area contributed by atoms with E-state index in [0.29, 0.717) is 17.1 Å². The molecule has 3 amide bonds. The largest absolute Gasteiger partial charge is 0.482 e. The topological polar surface area (TPSA) is 79.5 Å². The Hall–Kier alpha value is -2.54. The average Bonchev–Trinajstić information content (AvgIpc) is 2.60. The van der Waals surface area contributed by atoms with Crippen LogP contribution < -0.4 is 20.7 Å². The maximum Gasteiger partial charge on any atom is 0.319 e. The van der Waals surface area contributed by atoms with Crippen molar-refractivity contribution < 1.29 is 14.3 Å². The Morgan fingerprint density at radius 1 is 1.28 bits per heavy atom. The third-order valence-corrected chi connectivity index (χ3v) is 4.39. The molecule has 7 heteroatoms. The first-order chi connectivity index (χ1) is 12.0. The van der Waals surface area contributed by atoms with Gasteiger partial charge in [-0.25, -0.2) is 4.79 Å². The van der Waals surface area contributed by atoms with Gasteiger partial charge in [-0.15, -0.1) is 0 Å². The second kappa shape index (κ2) is 7.57. The zero-order valence-electron chi connectivity index (χ0n) is 13.6. The molecule has 2 aromatic rings. The summed E-state index contributed by atoms with van der Waals surface area (Å²) >= 11 is 3.41. The van der Waals surface area contributed by atoms with Gasteiger partial charge >= 0.3 is 6.03 Å². The lowest BCUT2D eigenvalue weighted by Crippen LogP contribution is -2.32. The molecule has 1 atom stereocenters. The van der Waals surface area contributed by atoms with Crippen LogP contribution in [0.25, 0.3) is 0 Å². The minimum absolute atomic E-state index is 0.0237. The molecule has 3 N–H and O–H groups in total. The first kappa shape index (κ1) is 17.3. The predicted molar refractivity (Wildman–Crippen MR) is 99.9 cm³/mol. The Morgan fingerprint density at radius 3 is 2.76 bits per heavy atom. The average molecular weight is 404 g/mol. The first-order valence-electron chi connectivity index (χ1n) is 7.95. The number of rotatable bonds is 4. The molecule has 1 aliphatic heterocycles. The fraction of sp³-hybridized carbons (Fsp3) is 0.222. The van der Waals surface area contributed by atoms with Crippen LogP contribution in [0.5, 0.6) is 5.75 Å². The fourth-order valence-electron chi connectivity index (χ4n) is 2.59. The zero-order valence-corrected chi connectivity index (χ0v) is 15.2. The van der Waals surface area contributed by atoms with Gasteiger partial charge in [0, 0.05) is 16.2 Å². The monoisotopic (exact) mass is 403 g/mol. The Balaban J connectivity index is 1.65. The molecular formula is C18H18BrN3O3. The van der Waals surface area contributed by atoms with Crippen molar-refractivity contribution in [2.24, 2.45) is 0 Å². The smallest absolute Gasteiger partial charge is 0.319 e. The number of carbonyl (C=O) groups excluding carboxylic acids is 2. The van der Waals surface area contributed by atoms with Crippen LogP contribution in [0.15, 0.2) is 46.9 Å². The van der Waals surface area contributed by atoms with Crippen molar-refractivity contribution in [1.82, 2.24) is 5.32 Å². The molecule has 1 unspecified atom stereocenters. The number of amides is 3. The van der Waals surface area contributed by atoms with E-state index >= 15 is 0 Å². The van der Waals surface area contributed by atoms with Crippen LogP contribution in [0.2, 0.25) is 0 Å². The third kappa shape index (κ3) is 4.30. The van der Waals surface area contributed by atoms with Crippen molar-refractivity contribution in [2.45, 2.75) is 19.4 Å². The van der Waals surface area contributed by atoms with Crippen LogP contribution in [0.3, 0.4) is 0 Å². The molecule has 2 aromatic carbocycles. The zero-order chi connectivity index (χ0) is 17.8. The molecule has 0 radical (unpaired) electrons. The number of halogens is 1. The summed E-state index contributed by atoms with van der Waals surface area (Å²) in [5.74, 6) is 0.351. The van der Waals surface area contributed by atoms with Gasteiger partial charge in [-0.05, 0) is 36.2 Å². The Bertz CT molecular complexity index is 793. The lowest BCUT2D eigenvalue weighted by molar-refractivity contribution is -0.118. The Labute approximate surface area is 154 Å². The molecule has 0 fully saturated rings. The number of anilines is 2. The Kier molecular flexibility index (Phi) is 5.23. The molecule has 1 aliphatic rings. The van der Waals surface area contributed by atoms with E-state index in [2.05, 4.69) is 31.9 Å². The van der Waals surface area contributed by atoms with E-state index in [1.54, 1.807) is 18.2 Å². The lowest BCUT2D eigenvalue weighted by Gasteiger charge is -2.20. The van der Waals surface area contributed by atoms with Gasteiger partial charge in [0.05, 0.1) is 11.7 Å². The van der Waals surface area contributed by atoms with Crippen LogP contribution >= 0.6 is 15.9 Å². The molecule has 25 heavy (non-hydrogen) atoms. The molecule has 6 nitrogen and oxygen atoms in total. The lowest BCUT2D eigenvalue weighted by atomic mass is 10.1. The van der Waals surface area contributed by atoms with E-state index in [4.69, 9.17) is 4.74 Å². The maximum absolute atomic E-state index is 12.3. The van der Waals surface area contributed by atoms with Gasteiger partial charge in [0.25, 0.3) is 5.91 Å². The Morgan fingerprint density at radius 2 is 2.04 bits per heavy atom. The summed E-state index contributed by atoms with van der Waals surface area (Å²) < 4.78 is 6.35. The van der Waals surface area contributed by atoms with Crippen molar-refractivity contribution in [3.05, 3.63) is 52.5 Å². The van der Waals surface area contributed by atoms with Crippen molar-refractivity contribution in [2.75, 3.05) is 17.2 Å². The molecule has 0 saturated carbocycles. The maximum atomic E-state index is 12.3. The van der Waals surface area contributed by atoms with Gasteiger partial charge in [0.2, 0.25) is 0 Å². The standard InChI is InChI=1S/C18H18BrN3O3/c1-2-14(11-3-5-12(19)6-4-11)22-18(24)20-13-7-8-15-16(9-13)25-10-17(23)21-15/h3-9,14H,2,10H2,1H3,(H,21,23)(H2,20,22,24). The van der Waals surface area contributed by atoms with Crippen LogP contribution in [0, 0.1) is 0 Å². The summed E-state index contributed by atoms with van der Waals surface area (Å²) in [6, 6.07) is 12.6. The van der Waals surface area contributed by atoms with Crippen LogP contribution in [-0.4, -0.2) is 18.5 Å². The number of ether oxygens (including phenoxy) is 1. The fourth-order valence-corrected chi connectivity index (χ4v) is 2.86. The van der Waals surface area contributed by atoms with E-state index < -0.39 is 0 Å². The molecule has 1 heterocycles. The quantitative estimate of drug-likeness (QED) is 0.719. The second-order valence-electron chi connectivity index (χ2n) is 5.66. The number of benzene rings is 2. The van der Waals surface area contributed by atoms with E-state index in [-0.39, 0.29) is 24.6 Å². The SMILES string of the molecule is CCC(NC(=O)Nc1ccc2c(c1)OCC(=O)N2)c1ccc(Br)cc1. The molecule has 0 saturated heterocycles.